The summed E-state index contributed by atoms with van der Waals surface area (Å²) < 4.78 is 22.7. The molecule has 1 aromatic heterocycles. The molecule has 2 bridgehead atoms. The van der Waals surface area contributed by atoms with E-state index in [1.807, 2.05) is 5.38 Å². The van der Waals surface area contributed by atoms with E-state index < -0.39 is 9.84 Å². The fourth-order valence-corrected chi connectivity index (χ4v) is 5.77. The van der Waals surface area contributed by atoms with Crippen molar-refractivity contribution in [3.63, 3.8) is 0 Å². The van der Waals surface area contributed by atoms with E-state index in [0.29, 0.717) is 17.1 Å². The summed E-state index contributed by atoms with van der Waals surface area (Å²) in [5.41, 5.74) is 3.92. The van der Waals surface area contributed by atoms with Gasteiger partial charge in [0.05, 0.1) is 5.69 Å². The third-order valence-electron chi connectivity index (χ3n) is 4.56. The van der Waals surface area contributed by atoms with Gasteiger partial charge in [-0.25, -0.2) is 13.4 Å². The van der Waals surface area contributed by atoms with E-state index in [4.69, 9.17) is 0 Å². The quantitative estimate of drug-likeness (QED) is 0.862. The molecule has 2 aliphatic heterocycles. The van der Waals surface area contributed by atoms with Gasteiger partial charge in [0.2, 0.25) is 0 Å². The number of hydrogen-bond donors (Lipinski definition) is 0. The summed E-state index contributed by atoms with van der Waals surface area (Å²) in [4.78, 5) is 7.03. The van der Waals surface area contributed by atoms with Crippen LogP contribution in [0.15, 0.2) is 29.6 Å². The van der Waals surface area contributed by atoms with Gasteiger partial charge in [0.1, 0.15) is 10.8 Å². The van der Waals surface area contributed by atoms with Crippen molar-refractivity contribution in [2.75, 3.05) is 6.26 Å². The molecule has 2 aromatic rings. The largest absolute Gasteiger partial charge is 0.283 e. The van der Waals surface area contributed by atoms with E-state index in [9.17, 15) is 8.42 Å². The molecule has 116 valence electrons. The van der Waals surface area contributed by atoms with E-state index in [2.05, 4.69) is 34.1 Å². The van der Waals surface area contributed by atoms with Crippen molar-refractivity contribution in [2.24, 2.45) is 0 Å². The Morgan fingerprint density at radius 2 is 1.86 bits per heavy atom. The third-order valence-corrected chi connectivity index (χ3v) is 6.44. The number of benzene rings is 1. The van der Waals surface area contributed by atoms with Gasteiger partial charge in [-0.2, -0.15) is 0 Å². The van der Waals surface area contributed by atoms with E-state index in [0.717, 1.165) is 12.2 Å². The van der Waals surface area contributed by atoms with Gasteiger partial charge in [-0.3, -0.25) is 4.90 Å². The van der Waals surface area contributed by atoms with Crippen LogP contribution in [0.1, 0.15) is 46.8 Å². The molecule has 2 aliphatic rings. The molecule has 0 N–H and O–H groups in total. The lowest BCUT2D eigenvalue weighted by molar-refractivity contribution is 0.211. The van der Waals surface area contributed by atoms with Crippen LogP contribution in [0.4, 0.5) is 0 Å². The molecule has 0 saturated carbocycles. The Bertz CT molecular complexity index is 782. The fourth-order valence-electron chi connectivity index (χ4n) is 3.77. The minimum atomic E-state index is -3.01. The summed E-state index contributed by atoms with van der Waals surface area (Å²) in [6, 6.07) is 9.71. The third kappa shape index (κ3) is 2.49. The summed E-state index contributed by atoms with van der Waals surface area (Å²) in [5, 5.41) is 2.70. The lowest BCUT2D eigenvalue weighted by Crippen LogP contribution is -2.19. The van der Waals surface area contributed by atoms with Crippen LogP contribution in [0, 0.1) is 0 Å². The highest BCUT2D eigenvalue weighted by Gasteiger charge is 2.43. The molecule has 0 unspecified atom stereocenters. The van der Waals surface area contributed by atoms with Gasteiger partial charge in [-0.15, -0.1) is 11.3 Å². The minimum absolute atomic E-state index is 0.0464. The van der Waals surface area contributed by atoms with E-state index in [-0.39, 0.29) is 5.75 Å². The molecular formula is C16H18N2O2S2. The van der Waals surface area contributed by atoms with Crippen LogP contribution >= 0.6 is 11.3 Å². The second kappa shape index (κ2) is 5.15. The standard InChI is InChI=1S/C16H18N2O2S2/c1-22(19,20)10-16-17-11(9-21-16)8-18-14-6-7-15(18)13-5-3-2-4-12(13)14/h2-5,9,14-15H,6-8,10H2,1H3/t14-,15-/m0/s1. The first-order valence-corrected chi connectivity index (χ1v) is 10.4. The molecule has 6 heteroatoms. The zero-order valence-corrected chi connectivity index (χ0v) is 14.0. The van der Waals surface area contributed by atoms with Crippen molar-refractivity contribution >= 4 is 21.2 Å². The second-order valence-electron chi connectivity index (χ2n) is 6.21. The van der Waals surface area contributed by atoms with Crippen molar-refractivity contribution in [1.82, 2.24) is 9.88 Å². The molecule has 1 aromatic carbocycles. The average Bonchev–Trinajstić information content (AvgIpc) is 3.13. The SMILES string of the molecule is CS(=O)(=O)Cc1nc(CN2[C@H]3CC[C@H]2c2ccccc23)cs1. The monoisotopic (exact) mass is 334 g/mol. The van der Waals surface area contributed by atoms with Gasteiger partial charge in [0, 0.05) is 30.3 Å². The molecular weight excluding hydrogens is 316 g/mol. The predicted octanol–water partition coefficient (Wildman–Crippen LogP) is 3.08. The fraction of sp³-hybridized carbons (Fsp3) is 0.438. The number of sulfone groups is 1. The van der Waals surface area contributed by atoms with Gasteiger partial charge in [0.15, 0.2) is 9.84 Å². The maximum Gasteiger partial charge on any atom is 0.153 e. The van der Waals surface area contributed by atoms with Crippen LogP contribution in [0.25, 0.3) is 0 Å². The first kappa shape index (κ1) is 14.4. The zero-order valence-electron chi connectivity index (χ0n) is 12.4. The molecule has 0 aliphatic carbocycles. The molecule has 3 heterocycles. The summed E-state index contributed by atoms with van der Waals surface area (Å²) in [7, 11) is -3.01. The number of fused-ring (bicyclic) bond motifs is 5. The van der Waals surface area contributed by atoms with Crippen molar-refractivity contribution in [2.45, 2.75) is 37.2 Å². The summed E-state index contributed by atoms with van der Waals surface area (Å²) in [5.74, 6) is 0.0464. The smallest absolute Gasteiger partial charge is 0.153 e. The molecule has 4 nitrogen and oxygen atoms in total. The van der Waals surface area contributed by atoms with Gasteiger partial charge in [-0.1, -0.05) is 24.3 Å². The first-order valence-electron chi connectivity index (χ1n) is 7.47. The Hall–Kier alpha value is -1.24. The maximum absolute atomic E-state index is 11.4. The van der Waals surface area contributed by atoms with Gasteiger partial charge in [-0.05, 0) is 24.0 Å². The van der Waals surface area contributed by atoms with Gasteiger partial charge >= 0.3 is 0 Å². The van der Waals surface area contributed by atoms with E-state index >= 15 is 0 Å². The van der Waals surface area contributed by atoms with Gasteiger partial charge in [0.25, 0.3) is 0 Å². The van der Waals surface area contributed by atoms with E-state index in [1.165, 1.54) is 41.6 Å². The lowest BCUT2D eigenvalue weighted by Gasteiger charge is -2.20. The van der Waals surface area contributed by atoms with Crippen LogP contribution in [0.2, 0.25) is 0 Å². The number of aromatic nitrogens is 1. The summed E-state index contributed by atoms with van der Waals surface area (Å²) in [6.07, 6.45) is 3.68. The number of nitrogens with zero attached hydrogens (tertiary/aromatic N) is 2. The molecule has 22 heavy (non-hydrogen) atoms. The Kier molecular flexibility index (Phi) is 3.36. The average molecular weight is 334 g/mol. The molecule has 2 atom stereocenters. The summed E-state index contributed by atoms with van der Waals surface area (Å²) >= 11 is 1.45. The molecule has 1 fully saturated rings. The number of rotatable bonds is 4. The van der Waals surface area contributed by atoms with E-state index in [1.54, 1.807) is 0 Å². The highest BCUT2D eigenvalue weighted by Crippen LogP contribution is 2.53. The molecule has 0 radical (unpaired) electrons. The second-order valence-corrected chi connectivity index (χ2v) is 9.30. The van der Waals surface area contributed by atoms with Crippen LogP contribution in [-0.4, -0.2) is 24.6 Å². The van der Waals surface area contributed by atoms with Crippen LogP contribution in [-0.2, 0) is 22.1 Å². The molecule has 0 spiro atoms. The van der Waals surface area contributed by atoms with Crippen molar-refractivity contribution in [3.8, 4) is 0 Å². The summed E-state index contributed by atoms with van der Waals surface area (Å²) in [6.45, 7) is 0.810. The van der Waals surface area contributed by atoms with Gasteiger partial charge < -0.3 is 0 Å². The maximum atomic E-state index is 11.4. The zero-order chi connectivity index (χ0) is 15.3. The number of hydrogen-bond acceptors (Lipinski definition) is 5. The van der Waals surface area contributed by atoms with Crippen LogP contribution in [0.3, 0.4) is 0 Å². The van der Waals surface area contributed by atoms with Crippen molar-refractivity contribution < 1.29 is 8.42 Å². The van der Waals surface area contributed by atoms with Crippen molar-refractivity contribution in [3.05, 3.63) is 51.5 Å². The number of thiazole rings is 1. The predicted molar refractivity (Wildman–Crippen MR) is 87.4 cm³/mol. The minimum Gasteiger partial charge on any atom is -0.283 e. The molecule has 0 amide bonds. The van der Waals surface area contributed by atoms with Crippen LogP contribution in [0.5, 0.6) is 0 Å². The highest BCUT2D eigenvalue weighted by molar-refractivity contribution is 7.90. The molecule has 4 rings (SSSR count). The topological polar surface area (TPSA) is 50.3 Å². The lowest BCUT2D eigenvalue weighted by atomic mass is 9.92. The Labute approximate surface area is 134 Å². The van der Waals surface area contributed by atoms with Crippen LogP contribution < -0.4 is 0 Å². The highest BCUT2D eigenvalue weighted by atomic mass is 32.2. The Morgan fingerprint density at radius 3 is 2.45 bits per heavy atom. The normalized spacial score (nSPS) is 23.9. The Balaban J connectivity index is 1.54. The Morgan fingerprint density at radius 1 is 1.23 bits per heavy atom. The first-order chi connectivity index (χ1) is 10.5. The van der Waals surface area contributed by atoms with Crippen molar-refractivity contribution in [1.29, 1.82) is 0 Å². The molecule has 1 saturated heterocycles.